The standard InChI is InChI=1S/C10H14N6O/c1-3-7(2)16-6-8(9(13-16)10(11)17)15-5-4-12-14-15/h4-7H,3H2,1-2H3,(H2,11,17). The first kappa shape index (κ1) is 11.3. The van der Waals surface area contributed by atoms with Crippen LogP contribution in [0.1, 0.15) is 36.8 Å². The zero-order valence-corrected chi connectivity index (χ0v) is 9.74. The summed E-state index contributed by atoms with van der Waals surface area (Å²) in [5.41, 5.74) is 6.05. The smallest absolute Gasteiger partial charge is 0.271 e. The average Bonchev–Trinajstić information content (AvgIpc) is 2.95. The first-order valence-electron chi connectivity index (χ1n) is 5.39. The van der Waals surface area contributed by atoms with Gasteiger partial charge in [-0.1, -0.05) is 12.1 Å². The molecule has 0 spiro atoms. The van der Waals surface area contributed by atoms with Crippen LogP contribution in [0.3, 0.4) is 0 Å². The number of amides is 1. The van der Waals surface area contributed by atoms with Crippen molar-refractivity contribution in [3.63, 3.8) is 0 Å². The van der Waals surface area contributed by atoms with Gasteiger partial charge in [-0.25, -0.2) is 4.68 Å². The fourth-order valence-electron chi connectivity index (χ4n) is 1.47. The molecule has 0 saturated carbocycles. The number of rotatable bonds is 4. The SMILES string of the molecule is CCC(C)n1cc(-n2ccnn2)c(C(N)=O)n1. The first-order chi connectivity index (χ1) is 8.13. The molecule has 0 aliphatic carbocycles. The normalized spacial score (nSPS) is 12.6. The van der Waals surface area contributed by atoms with Crippen LogP contribution in [-0.2, 0) is 0 Å². The Balaban J connectivity index is 2.50. The Labute approximate surface area is 98.2 Å². The number of hydrogen-bond donors (Lipinski definition) is 1. The monoisotopic (exact) mass is 234 g/mol. The van der Waals surface area contributed by atoms with Crippen LogP contribution in [0.25, 0.3) is 5.69 Å². The van der Waals surface area contributed by atoms with Crippen LogP contribution in [0, 0.1) is 0 Å². The molecule has 90 valence electrons. The summed E-state index contributed by atoms with van der Waals surface area (Å²) in [6.45, 7) is 4.06. The van der Waals surface area contributed by atoms with Crippen molar-refractivity contribution in [2.75, 3.05) is 0 Å². The lowest BCUT2D eigenvalue weighted by molar-refractivity contribution is 0.0994. The van der Waals surface area contributed by atoms with E-state index in [1.54, 1.807) is 17.1 Å². The second-order valence-electron chi connectivity index (χ2n) is 3.81. The number of aromatic nitrogens is 5. The zero-order valence-electron chi connectivity index (χ0n) is 9.74. The van der Waals surface area contributed by atoms with E-state index in [1.807, 2.05) is 13.8 Å². The van der Waals surface area contributed by atoms with E-state index in [9.17, 15) is 4.79 Å². The lowest BCUT2D eigenvalue weighted by atomic mass is 10.3. The van der Waals surface area contributed by atoms with Gasteiger partial charge in [-0.05, 0) is 13.3 Å². The third kappa shape index (κ3) is 2.03. The molecule has 0 fully saturated rings. The van der Waals surface area contributed by atoms with Crippen molar-refractivity contribution < 1.29 is 4.79 Å². The molecule has 1 unspecified atom stereocenters. The lowest BCUT2D eigenvalue weighted by Gasteiger charge is -2.07. The molecule has 1 atom stereocenters. The van der Waals surface area contributed by atoms with E-state index in [0.717, 1.165) is 6.42 Å². The summed E-state index contributed by atoms with van der Waals surface area (Å²) in [4.78, 5) is 11.3. The van der Waals surface area contributed by atoms with Crippen LogP contribution in [0.5, 0.6) is 0 Å². The minimum Gasteiger partial charge on any atom is -0.364 e. The molecule has 0 radical (unpaired) electrons. The van der Waals surface area contributed by atoms with Gasteiger partial charge in [0, 0.05) is 6.04 Å². The van der Waals surface area contributed by atoms with Gasteiger partial charge in [0.1, 0.15) is 5.69 Å². The second kappa shape index (κ2) is 4.36. The van der Waals surface area contributed by atoms with Gasteiger partial charge in [-0.2, -0.15) is 5.10 Å². The van der Waals surface area contributed by atoms with Crippen LogP contribution in [0.2, 0.25) is 0 Å². The van der Waals surface area contributed by atoms with E-state index >= 15 is 0 Å². The zero-order chi connectivity index (χ0) is 12.4. The quantitative estimate of drug-likeness (QED) is 0.835. The molecule has 2 rings (SSSR count). The number of carbonyl (C=O) groups is 1. The molecule has 0 aromatic carbocycles. The molecule has 1 amide bonds. The maximum Gasteiger partial charge on any atom is 0.271 e. The summed E-state index contributed by atoms with van der Waals surface area (Å²) < 4.78 is 3.20. The number of nitrogens with two attached hydrogens (primary N) is 1. The van der Waals surface area contributed by atoms with Crippen molar-refractivity contribution in [2.45, 2.75) is 26.3 Å². The van der Waals surface area contributed by atoms with Crippen LogP contribution < -0.4 is 5.73 Å². The molecule has 0 saturated heterocycles. The maximum absolute atomic E-state index is 11.3. The Morgan fingerprint density at radius 1 is 1.59 bits per heavy atom. The minimum absolute atomic E-state index is 0.199. The Morgan fingerprint density at radius 2 is 2.35 bits per heavy atom. The fraction of sp³-hybridized carbons (Fsp3) is 0.400. The molecular formula is C10H14N6O. The number of carbonyl (C=O) groups excluding carboxylic acids is 1. The Morgan fingerprint density at radius 3 is 2.88 bits per heavy atom. The highest BCUT2D eigenvalue weighted by Gasteiger charge is 2.17. The summed E-state index contributed by atoms with van der Waals surface area (Å²) >= 11 is 0. The van der Waals surface area contributed by atoms with Crippen LogP contribution in [-0.4, -0.2) is 30.7 Å². The Hall–Kier alpha value is -2.18. The molecule has 7 nitrogen and oxygen atoms in total. The van der Waals surface area contributed by atoms with Gasteiger partial charge in [0.05, 0.1) is 18.6 Å². The van der Waals surface area contributed by atoms with Gasteiger partial charge < -0.3 is 5.73 Å². The molecule has 2 aromatic rings. The van der Waals surface area contributed by atoms with Crippen molar-refractivity contribution >= 4 is 5.91 Å². The van der Waals surface area contributed by atoms with Crippen LogP contribution in [0.15, 0.2) is 18.6 Å². The summed E-state index contributed by atoms with van der Waals surface area (Å²) in [6.07, 6.45) is 5.84. The highest BCUT2D eigenvalue weighted by Crippen LogP contribution is 2.16. The highest BCUT2D eigenvalue weighted by atomic mass is 16.1. The largest absolute Gasteiger partial charge is 0.364 e. The van der Waals surface area contributed by atoms with Crippen LogP contribution in [0.4, 0.5) is 0 Å². The molecule has 2 aromatic heterocycles. The van der Waals surface area contributed by atoms with E-state index in [4.69, 9.17) is 5.73 Å². The fourth-order valence-corrected chi connectivity index (χ4v) is 1.47. The Bertz CT molecular complexity index is 515. The van der Waals surface area contributed by atoms with Crippen molar-refractivity contribution in [1.29, 1.82) is 0 Å². The number of hydrogen-bond acceptors (Lipinski definition) is 4. The average molecular weight is 234 g/mol. The van der Waals surface area contributed by atoms with E-state index < -0.39 is 5.91 Å². The van der Waals surface area contributed by atoms with Gasteiger partial charge in [0.15, 0.2) is 5.69 Å². The lowest BCUT2D eigenvalue weighted by Crippen LogP contribution is -2.15. The number of nitrogens with zero attached hydrogens (tertiary/aromatic N) is 5. The summed E-state index contributed by atoms with van der Waals surface area (Å²) in [5.74, 6) is -0.572. The molecule has 2 N–H and O–H groups in total. The maximum atomic E-state index is 11.3. The van der Waals surface area contributed by atoms with Gasteiger partial charge in [-0.15, -0.1) is 5.10 Å². The van der Waals surface area contributed by atoms with Gasteiger partial charge in [-0.3, -0.25) is 9.48 Å². The third-order valence-electron chi connectivity index (χ3n) is 2.66. The highest BCUT2D eigenvalue weighted by molar-refractivity contribution is 5.94. The van der Waals surface area contributed by atoms with Crippen LogP contribution >= 0.6 is 0 Å². The molecule has 7 heteroatoms. The van der Waals surface area contributed by atoms with Crippen molar-refractivity contribution in [3.8, 4) is 5.69 Å². The summed E-state index contributed by atoms with van der Waals surface area (Å²) in [5, 5.41) is 11.7. The van der Waals surface area contributed by atoms with E-state index in [2.05, 4.69) is 15.4 Å². The molecule has 0 aliphatic heterocycles. The van der Waals surface area contributed by atoms with Gasteiger partial charge in [0.25, 0.3) is 5.91 Å². The third-order valence-corrected chi connectivity index (χ3v) is 2.66. The van der Waals surface area contributed by atoms with Gasteiger partial charge >= 0.3 is 0 Å². The van der Waals surface area contributed by atoms with Crippen molar-refractivity contribution in [2.24, 2.45) is 5.73 Å². The van der Waals surface area contributed by atoms with Crippen molar-refractivity contribution in [1.82, 2.24) is 24.8 Å². The number of primary amides is 1. The van der Waals surface area contributed by atoms with Gasteiger partial charge in [0.2, 0.25) is 0 Å². The molecule has 0 aliphatic rings. The summed E-state index contributed by atoms with van der Waals surface area (Å²) in [6, 6.07) is 0.199. The van der Waals surface area contributed by atoms with E-state index in [1.165, 1.54) is 10.9 Å². The first-order valence-corrected chi connectivity index (χ1v) is 5.39. The predicted octanol–water partition coefficient (Wildman–Crippen LogP) is 0.534. The molecular weight excluding hydrogens is 220 g/mol. The topological polar surface area (TPSA) is 91.6 Å². The van der Waals surface area contributed by atoms with E-state index in [0.29, 0.717) is 5.69 Å². The predicted molar refractivity (Wildman–Crippen MR) is 60.7 cm³/mol. The Kier molecular flexibility index (Phi) is 2.90. The molecule has 17 heavy (non-hydrogen) atoms. The van der Waals surface area contributed by atoms with E-state index in [-0.39, 0.29) is 11.7 Å². The molecule has 0 bridgehead atoms. The second-order valence-corrected chi connectivity index (χ2v) is 3.81. The minimum atomic E-state index is -0.572. The summed E-state index contributed by atoms with van der Waals surface area (Å²) in [7, 11) is 0. The molecule has 2 heterocycles. The van der Waals surface area contributed by atoms with Crippen molar-refractivity contribution in [3.05, 3.63) is 24.3 Å².